The first kappa shape index (κ1) is 18.7. The summed E-state index contributed by atoms with van der Waals surface area (Å²) in [6.07, 6.45) is 3.22. The van der Waals surface area contributed by atoms with Crippen LogP contribution in [0.2, 0.25) is 0 Å². The van der Waals surface area contributed by atoms with Crippen LogP contribution in [-0.2, 0) is 4.79 Å². The van der Waals surface area contributed by atoms with Gasteiger partial charge in [-0.2, -0.15) is 0 Å². The third-order valence-corrected chi connectivity index (χ3v) is 4.83. The van der Waals surface area contributed by atoms with Crippen LogP contribution in [0.15, 0.2) is 24.3 Å². The van der Waals surface area contributed by atoms with E-state index in [2.05, 4.69) is 41.5 Å². The largest absolute Gasteiger partial charge is 0.497 e. The van der Waals surface area contributed by atoms with Crippen molar-refractivity contribution in [2.75, 3.05) is 33.3 Å². The first-order valence-corrected chi connectivity index (χ1v) is 9.08. The third kappa shape index (κ3) is 4.95. The molecule has 2 rings (SSSR count). The summed E-state index contributed by atoms with van der Waals surface area (Å²) >= 11 is 0. The van der Waals surface area contributed by atoms with E-state index in [4.69, 9.17) is 4.74 Å². The Hall–Kier alpha value is -1.59. The first-order chi connectivity index (χ1) is 11.7. The van der Waals surface area contributed by atoms with Gasteiger partial charge in [-0.1, -0.05) is 32.4 Å². The summed E-state index contributed by atoms with van der Waals surface area (Å²) in [5.41, 5.74) is 1.18. The third-order valence-electron chi connectivity index (χ3n) is 4.83. The fraction of sp³-hybridized carbons (Fsp3) is 0.632. The average molecular weight is 333 g/mol. The smallest absolute Gasteiger partial charge is 0.237 e. The quantitative estimate of drug-likeness (QED) is 0.767. The van der Waals surface area contributed by atoms with Crippen LogP contribution in [-0.4, -0.2) is 50.1 Å². The lowest BCUT2D eigenvalue weighted by Crippen LogP contribution is -2.48. The van der Waals surface area contributed by atoms with Crippen molar-refractivity contribution in [1.82, 2.24) is 15.5 Å². The highest BCUT2D eigenvalue weighted by atomic mass is 16.5. The van der Waals surface area contributed by atoms with E-state index >= 15 is 0 Å². The SMILES string of the molecule is CCN(CC)C(CNC(=O)C1CCCCN1)c1cccc(OC)c1. The highest BCUT2D eigenvalue weighted by Crippen LogP contribution is 2.24. The number of amides is 1. The lowest BCUT2D eigenvalue weighted by Gasteiger charge is -2.31. The minimum absolute atomic E-state index is 0.0404. The number of piperidine rings is 1. The molecular formula is C19H31N3O2. The molecule has 0 saturated carbocycles. The molecule has 1 amide bonds. The maximum absolute atomic E-state index is 12.4. The second kappa shape index (κ2) is 9.64. The molecule has 1 saturated heterocycles. The second-order valence-electron chi connectivity index (χ2n) is 6.26. The summed E-state index contributed by atoms with van der Waals surface area (Å²) in [6, 6.07) is 8.25. The molecule has 0 spiro atoms. The number of hydrogen-bond acceptors (Lipinski definition) is 4. The molecule has 5 heteroatoms. The number of hydrogen-bond donors (Lipinski definition) is 2. The van der Waals surface area contributed by atoms with Gasteiger partial charge in [-0.25, -0.2) is 0 Å². The number of carbonyl (C=O) groups excluding carboxylic acids is 1. The molecule has 0 aliphatic carbocycles. The summed E-state index contributed by atoms with van der Waals surface area (Å²) < 4.78 is 5.36. The molecule has 1 fully saturated rings. The van der Waals surface area contributed by atoms with Crippen molar-refractivity contribution in [2.24, 2.45) is 0 Å². The van der Waals surface area contributed by atoms with E-state index < -0.39 is 0 Å². The molecule has 2 unspecified atom stereocenters. The molecule has 0 aromatic heterocycles. The van der Waals surface area contributed by atoms with E-state index in [1.165, 1.54) is 5.56 Å². The van der Waals surface area contributed by atoms with Gasteiger partial charge in [0, 0.05) is 6.54 Å². The van der Waals surface area contributed by atoms with Crippen molar-refractivity contribution in [3.8, 4) is 5.75 Å². The molecular weight excluding hydrogens is 302 g/mol. The zero-order valence-electron chi connectivity index (χ0n) is 15.2. The van der Waals surface area contributed by atoms with Crippen LogP contribution in [0.5, 0.6) is 5.75 Å². The Balaban J connectivity index is 2.06. The van der Waals surface area contributed by atoms with Crippen LogP contribution >= 0.6 is 0 Å². The maximum atomic E-state index is 12.4. The lowest BCUT2D eigenvalue weighted by molar-refractivity contribution is -0.123. The number of ether oxygens (including phenoxy) is 1. The van der Waals surface area contributed by atoms with Crippen molar-refractivity contribution in [3.63, 3.8) is 0 Å². The lowest BCUT2D eigenvalue weighted by atomic mass is 10.0. The predicted octanol–water partition coefficient (Wildman–Crippen LogP) is 2.34. The molecule has 2 atom stereocenters. The van der Waals surface area contributed by atoms with Gasteiger partial charge in [-0.15, -0.1) is 0 Å². The Kier molecular flexibility index (Phi) is 7.53. The number of nitrogens with one attached hydrogen (secondary N) is 2. The molecule has 24 heavy (non-hydrogen) atoms. The number of methoxy groups -OCH3 is 1. The van der Waals surface area contributed by atoms with Crippen LogP contribution in [0.4, 0.5) is 0 Å². The van der Waals surface area contributed by atoms with Gasteiger partial charge in [0.25, 0.3) is 0 Å². The predicted molar refractivity (Wildman–Crippen MR) is 97.3 cm³/mol. The fourth-order valence-electron chi connectivity index (χ4n) is 3.37. The highest BCUT2D eigenvalue weighted by molar-refractivity contribution is 5.81. The molecule has 1 aliphatic heterocycles. The summed E-state index contributed by atoms with van der Waals surface area (Å²) in [6.45, 7) is 7.74. The number of benzene rings is 1. The molecule has 134 valence electrons. The molecule has 1 aromatic carbocycles. The maximum Gasteiger partial charge on any atom is 0.237 e. The minimum atomic E-state index is -0.0404. The Morgan fingerprint density at radius 2 is 2.17 bits per heavy atom. The van der Waals surface area contributed by atoms with Gasteiger partial charge in [0.15, 0.2) is 0 Å². The van der Waals surface area contributed by atoms with Crippen molar-refractivity contribution < 1.29 is 9.53 Å². The van der Waals surface area contributed by atoms with Crippen LogP contribution in [0, 0.1) is 0 Å². The monoisotopic (exact) mass is 333 g/mol. The van der Waals surface area contributed by atoms with E-state index in [9.17, 15) is 4.79 Å². The zero-order valence-corrected chi connectivity index (χ0v) is 15.2. The summed E-state index contributed by atoms with van der Waals surface area (Å²) in [7, 11) is 1.68. The van der Waals surface area contributed by atoms with E-state index in [1.807, 2.05) is 12.1 Å². The number of likely N-dealkylation sites (N-methyl/N-ethyl adjacent to an activating group) is 1. The van der Waals surface area contributed by atoms with Crippen LogP contribution in [0.25, 0.3) is 0 Å². The van der Waals surface area contributed by atoms with Gasteiger partial charge in [-0.05, 0) is 50.2 Å². The number of nitrogens with zero attached hydrogens (tertiary/aromatic N) is 1. The Labute approximate surface area is 145 Å². The van der Waals surface area contributed by atoms with Gasteiger partial charge in [0.1, 0.15) is 5.75 Å². The van der Waals surface area contributed by atoms with Crippen molar-refractivity contribution >= 4 is 5.91 Å². The molecule has 5 nitrogen and oxygen atoms in total. The Morgan fingerprint density at radius 3 is 2.79 bits per heavy atom. The van der Waals surface area contributed by atoms with E-state index in [1.54, 1.807) is 7.11 Å². The van der Waals surface area contributed by atoms with E-state index in [-0.39, 0.29) is 18.0 Å². The molecule has 1 aliphatic rings. The number of rotatable bonds is 8. The molecule has 1 heterocycles. The average Bonchev–Trinajstić information content (AvgIpc) is 2.65. The molecule has 0 radical (unpaired) electrons. The zero-order chi connectivity index (χ0) is 17.4. The molecule has 1 aromatic rings. The van der Waals surface area contributed by atoms with Crippen molar-refractivity contribution in [3.05, 3.63) is 29.8 Å². The van der Waals surface area contributed by atoms with Gasteiger partial charge < -0.3 is 15.4 Å². The topological polar surface area (TPSA) is 53.6 Å². The minimum Gasteiger partial charge on any atom is -0.497 e. The summed E-state index contributed by atoms with van der Waals surface area (Å²) in [4.78, 5) is 14.8. The summed E-state index contributed by atoms with van der Waals surface area (Å²) in [5.74, 6) is 0.972. The van der Waals surface area contributed by atoms with Gasteiger partial charge in [-0.3, -0.25) is 9.69 Å². The number of carbonyl (C=O) groups is 1. The van der Waals surface area contributed by atoms with Crippen molar-refractivity contribution in [1.29, 1.82) is 0 Å². The normalized spacial score (nSPS) is 19.1. The highest BCUT2D eigenvalue weighted by Gasteiger charge is 2.23. The fourth-order valence-corrected chi connectivity index (χ4v) is 3.37. The summed E-state index contributed by atoms with van der Waals surface area (Å²) in [5, 5.41) is 6.47. The van der Waals surface area contributed by atoms with Crippen LogP contribution < -0.4 is 15.4 Å². The molecule has 0 bridgehead atoms. The van der Waals surface area contributed by atoms with Crippen molar-refractivity contribution in [2.45, 2.75) is 45.2 Å². The van der Waals surface area contributed by atoms with E-state index in [0.717, 1.165) is 44.6 Å². The van der Waals surface area contributed by atoms with Gasteiger partial charge in [0.05, 0.1) is 19.2 Å². The molecule has 2 N–H and O–H groups in total. The van der Waals surface area contributed by atoms with Gasteiger partial charge >= 0.3 is 0 Å². The Bertz CT molecular complexity index is 511. The van der Waals surface area contributed by atoms with E-state index in [0.29, 0.717) is 6.54 Å². The first-order valence-electron chi connectivity index (χ1n) is 9.08. The second-order valence-corrected chi connectivity index (χ2v) is 6.26. The Morgan fingerprint density at radius 1 is 1.38 bits per heavy atom. The standard InChI is InChI=1S/C19H31N3O2/c1-4-22(5-2)18(15-9-8-10-16(13-15)24-3)14-21-19(23)17-11-6-7-12-20-17/h8-10,13,17-18,20H,4-7,11-12,14H2,1-3H3,(H,21,23). The van der Waals surface area contributed by atoms with Crippen LogP contribution in [0.3, 0.4) is 0 Å². The van der Waals surface area contributed by atoms with Crippen LogP contribution in [0.1, 0.15) is 44.7 Å². The van der Waals surface area contributed by atoms with Gasteiger partial charge in [0.2, 0.25) is 5.91 Å².